The molecule has 0 amide bonds. The van der Waals surface area contributed by atoms with Crippen molar-refractivity contribution < 1.29 is 38.2 Å². The summed E-state index contributed by atoms with van der Waals surface area (Å²) in [6.45, 7) is 4.34. The minimum absolute atomic E-state index is 0.0126. The Bertz CT molecular complexity index is 1450. The highest BCUT2D eigenvalue weighted by Gasteiger charge is 2.25. The maximum Gasteiger partial charge on any atom is 0.306 e. The van der Waals surface area contributed by atoms with E-state index in [4.69, 9.17) is 14.2 Å². The van der Waals surface area contributed by atoms with E-state index in [0.717, 1.165) is 64.2 Å². The molecule has 0 heterocycles. The van der Waals surface area contributed by atoms with Crippen molar-refractivity contribution in [3.8, 4) is 0 Å². The van der Waals surface area contributed by atoms with Crippen molar-refractivity contribution >= 4 is 17.9 Å². The van der Waals surface area contributed by atoms with E-state index in [1.807, 2.05) is 72.9 Å². The molecular formula is C56H89NO7. The van der Waals surface area contributed by atoms with Gasteiger partial charge in [-0.3, -0.25) is 9.59 Å². The lowest BCUT2D eigenvalue weighted by Gasteiger charge is -2.34. The number of carbonyl (C=O) groups is 3. The van der Waals surface area contributed by atoms with Gasteiger partial charge in [0.2, 0.25) is 0 Å². The van der Waals surface area contributed by atoms with Crippen LogP contribution in [-0.4, -0.2) is 75.5 Å². The second kappa shape index (κ2) is 45.3. The van der Waals surface area contributed by atoms with Gasteiger partial charge in [-0.15, -0.1) is 0 Å². The Morgan fingerprint density at radius 2 is 0.906 bits per heavy atom. The third-order valence-electron chi connectivity index (χ3n) is 10.3. The second-order valence-electron chi connectivity index (χ2n) is 17.1. The molecule has 360 valence electrons. The molecule has 2 unspecified atom stereocenters. The minimum atomic E-state index is -1.14. The summed E-state index contributed by atoms with van der Waals surface area (Å²) in [6.07, 6.45) is 63.7. The van der Waals surface area contributed by atoms with Gasteiger partial charge in [0.1, 0.15) is 12.6 Å². The number of quaternary nitrogens is 1. The van der Waals surface area contributed by atoms with Gasteiger partial charge in [-0.05, 0) is 64.2 Å². The molecule has 0 aliphatic rings. The highest BCUT2D eigenvalue weighted by atomic mass is 16.6. The number of likely N-dealkylation sites (N-methyl/N-ethyl adjacent to an activating group) is 1. The molecule has 8 nitrogen and oxygen atoms in total. The molecule has 0 N–H and O–H groups in total. The highest BCUT2D eigenvalue weighted by Crippen LogP contribution is 2.14. The van der Waals surface area contributed by atoms with Crippen LogP contribution >= 0.6 is 0 Å². The largest absolute Gasteiger partial charge is 0.544 e. The Morgan fingerprint density at radius 1 is 0.484 bits per heavy atom. The molecule has 0 bridgehead atoms. The fourth-order valence-corrected chi connectivity index (χ4v) is 6.54. The Morgan fingerprint density at radius 3 is 1.42 bits per heavy atom. The van der Waals surface area contributed by atoms with Crippen molar-refractivity contribution in [1.82, 2.24) is 0 Å². The van der Waals surface area contributed by atoms with E-state index in [2.05, 4.69) is 62.5 Å². The fraction of sp³-hybridized carbons (Fsp3) is 0.589. The summed E-state index contributed by atoms with van der Waals surface area (Å²) in [4.78, 5) is 37.0. The summed E-state index contributed by atoms with van der Waals surface area (Å²) >= 11 is 0. The van der Waals surface area contributed by atoms with E-state index in [9.17, 15) is 19.5 Å². The van der Waals surface area contributed by atoms with Crippen LogP contribution in [0.15, 0.2) is 122 Å². The lowest BCUT2D eigenvalue weighted by molar-refractivity contribution is -0.889. The molecule has 2 atom stereocenters. The molecule has 0 aliphatic heterocycles. The quantitative estimate of drug-likeness (QED) is 0.0198. The normalized spacial score (nSPS) is 14.0. The zero-order valence-corrected chi connectivity index (χ0v) is 40.9. The van der Waals surface area contributed by atoms with Gasteiger partial charge in [-0.2, -0.15) is 0 Å². The lowest BCUT2D eigenvalue weighted by atomic mass is 10.0. The van der Waals surface area contributed by atoms with Crippen molar-refractivity contribution in [2.75, 3.05) is 41.0 Å². The third-order valence-corrected chi connectivity index (χ3v) is 10.3. The highest BCUT2D eigenvalue weighted by molar-refractivity contribution is 5.70. The number of rotatable bonds is 42. The number of esters is 2. The standard InChI is InChI=1S/C56H89NO7/c1-6-8-10-12-14-16-18-20-22-24-26-27-29-30-32-34-36-38-40-42-44-46-54(58)63-51-52(50-62-49-48-53(56(60)61)57(3,4)5)64-55(59)47-45-43-41-39-37-35-33-31-28-25-23-21-19-17-15-13-11-9-7-2/h8-11,13-17,19-23,25,28,31,33,35,37,52-53H,6-7,12,18,24,26-27,29-30,32,34,36,38-51H2,1-5H3/b10-8+,11-9+,15-13+,16-14+,19-17+,22-20+,23-21+,28-25+,33-31+,37-35+. The van der Waals surface area contributed by atoms with Crippen LogP contribution < -0.4 is 5.11 Å². The molecule has 0 rings (SSSR count). The molecule has 64 heavy (non-hydrogen) atoms. The van der Waals surface area contributed by atoms with Gasteiger partial charge in [-0.25, -0.2) is 0 Å². The molecule has 8 heteroatoms. The van der Waals surface area contributed by atoms with Gasteiger partial charge in [0, 0.05) is 19.3 Å². The lowest BCUT2D eigenvalue weighted by Crippen LogP contribution is -2.55. The summed E-state index contributed by atoms with van der Waals surface area (Å²) in [5, 5.41) is 11.7. The maximum absolute atomic E-state index is 12.8. The molecule has 0 aromatic heterocycles. The van der Waals surface area contributed by atoms with Crippen LogP contribution in [0.25, 0.3) is 0 Å². The predicted molar refractivity (Wildman–Crippen MR) is 267 cm³/mol. The molecule has 0 saturated heterocycles. The number of carboxylic acids is 1. The first kappa shape index (κ1) is 59.7. The smallest absolute Gasteiger partial charge is 0.306 e. The van der Waals surface area contributed by atoms with Gasteiger partial charge in [-0.1, -0.05) is 200 Å². The molecule has 0 spiro atoms. The van der Waals surface area contributed by atoms with Crippen LogP contribution in [0, 0.1) is 0 Å². The summed E-state index contributed by atoms with van der Waals surface area (Å²) in [5.74, 6) is -1.81. The van der Waals surface area contributed by atoms with Gasteiger partial charge >= 0.3 is 11.9 Å². The van der Waals surface area contributed by atoms with E-state index < -0.39 is 18.1 Å². The number of hydrogen-bond donors (Lipinski definition) is 0. The van der Waals surface area contributed by atoms with Crippen molar-refractivity contribution in [3.05, 3.63) is 122 Å². The van der Waals surface area contributed by atoms with Crippen LogP contribution in [0.3, 0.4) is 0 Å². The number of ether oxygens (including phenoxy) is 3. The molecule has 0 aliphatic carbocycles. The van der Waals surface area contributed by atoms with E-state index in [0.29, 0.717) is 12.8 Å². The summed E-state index contributed by atoms with van der Waals surface area (Å²) in [5.41, 5.74) is 0. The number of carbonyl (C=O) groups excluding carboxylic acids is 3. The van der Waals surface area contributed by atoms with Gasteiger partial charge in [0.05, 0.1) is 40.3 Å². The Balaban J connectivity index is 4.38. The van der Waals surface area contributed by atoms with E-state index >= 15 is 0 Å². The first-order valence-electron chi connectivity index (χ1n) is 24.7. The van der Waals surface area contributed by atoms with Crippen molar-refractivity contribution in [2.45, 2.75) is 174 Å². The van der Waals surface area contributed by atoms with Crippen LogP contribution in [0.4, 0.5) is 0 Å². The average Bonchev–Trinajstić information content (AvgIpc) is 3.26. The summed E-state index contributed by atoms with van der Waals surface area (Å²) in [6, 6.07) is -0.743. The van der Waals surface area contributed by atoms with E-state index in [1.54, 1.807) is 21.1 Å². The number of nitrogens with zero attached hydrogens (tertiary/aromatic N) is 1. The maximum atomic E-state index is 12.8. The summed E-state index contributed by atoms with van der Waals surface area (Å²) < 4.78 is 17.2. The average molecular weight is 888 g/mol. The van der Waals surface area contributed by atoms with Crippen LogP contribution in [-0.2, 0) is 28.6 Å². The SMILES string of the molecule is CC/C=C/C=C/C=C/C=C/C=C/C=C/C=C/CCCCCC(=O)OC(COCCC(C(=O)[O-])[N+](C)(C)C)COC(=O)CCCCCCCCCCCCC/C=C/C/C=C/C/C=C/CC. The van der Waals surface area contributed by atoms with Gasteiger partial charge in [0.25, 0.3) is 0 Å². The molecular weight excluding hydrogens is 799 g/mol. The fourth-order valence-electron chi connectivity index (χ4n) is 6.54. The molecule has 0 aromatic rings. The minimum Gasteiger partial charge on any atom is -0.544 e. The van der Waals surface area contributed by atoms with Gasteiger partial charge in [0.15, 0.2) is 6.10 Å². The topological polar surface area (TPSA) is 102 Å². The zero-order chi connectivity index (χ0) is 47.0. The number of aliphatic carboxylic acids is 1. The van der Waals surface area contributed by atoms with Crippen LogP contribution in [0.5, 0.6) is 0 Å². The number of carboxylic acid groups (broad SMARTS) is 1. The monoisotopic (exact) mass is 888 g/mol. The van der Waals surface area contributed by atoms with E-state index in [-0.39, 0.29) is 49.1 Å². The second-order valence-corrected chi connectivity index (χ2v) is 17.1. The predicted octanol–water partition coefficient (Wildman–Crippen LogP) is 12.9. The Labute approximate surface area is 391 Å². The number of unbranched alkanes of at least 4 members (excludes halogenated alkanes) is 14. The Kier molecular flexibility index (Phi) is 42.3. The first-order valence-corrected chi connectivity index (χ1v) is 24.7. The van der Waals surface area contributed by atoms with Crippen molar-refractivity contribution in [2.24, 2.45) is 0 Å². The summed E-state index contributed by atoms with van der Waals surface area (Å²) in [7, 11) is 5.38. The number of allylic oxidation sites excluding steroid dienone is 20. The molecule has 0 saturated carbocycles. The van der Waals surface area contributed by atoms with Crippen molar-refractivity contribution in [1.29, 1.82) is 0 Å². The van der Waals surface area contributed by atoms with Gasteiger partial charge < -0.3 is 28.6 Å². The van der Waals surface area contributed by atoms with Crippen LogP contribution in [0.2, 0.25) is 0 Å². The molecule has 0 fully saturated rings. The number of hydrogen-bond acceptors (Lipinski definition) is 7. The zero-order valence-electron chi connectivity index (χ0n) is 40.9. The first-order chi connectivity index (χ1) is 31.1. The van der Waals surface area contributed by atoms with E-state index in [1.165, 1.54) is 57.8 Å². The third kappa shape index (κ3) is 43.0. The van der Waals surface area contributed by atoms with Crippen LogP contribution in [0.1, 0.15) is 162 Å². The Hall–Kier alpha value is -4.27. The molecule has 0 radical (unpaired) electrons. The molecule has 0 aromatic carbocycles. The van der Waals surface area contributed by atoms with Crippen molar-refractivity contribution in [3.63, 3.8) is 0 Å².